The number of benzene rings is 1. The lowest BCUT2D eigenvalue weighted by atomic mass is 9.89. The number of hydrogen-bond donors (Lipinski definition) is 3. The normalized spacial score (nSPS) is 15.3. The summed E-state index contributed by atoms with van der Waals surface area (Å²) >= 11 is 0. The molecule has 0 aliphatic heterocycles. The van der Waals surface area contributed by atoms with Crippen molar-refractivity contribution in [1.82, 2.24) is 26.1 Å². The van der Waals surface area contributed by atoms with Crippen molar-refractivity contribution in [3.8, 4) is 0 Å². The Morgan fingerprint density at radius 2 is 1.76 bits per heavy atom. The molecule has 3 rings (SSSR count). The highest BCUT2D eigenvalue weighted by molar-refractivity contribution is 5.94. The van der Waals surface area contributed by atoms with E-state index in [1.807, 2.05) is 0 Å². The fourth-order valence-corrected chi connectivity index (χ4v) is 4.05. The van der Waals surface area contributed by atoms with E-state index in [9.17, 15) is 18.8 Å². The highest BCUT2D eigenvalue weighted by atomic mass is 19.1. The molecular formula is C23H30FN5O4. The minimum Gasteiger partial charge on any atom is -0.354 e. The number of hydrogen-bond acceptors (Lipinski definition) is 6. The monoisotopic (exact) mass is 459 g/mol. The summed E-state index contributed by atoms with van der Waals surface area (Å²) in [7, 11) is 0. The molecule has 1 aliphatic rings. The maximum atomic E-state index is 13.6. The van der Waals surface area contributed by atoms with Gasteiger partial charge in [0.15, 0.2) is 5.82 Å². The van der Waals surface area contributed by atoms with Crippen LogP contribution in [0.3, 0.4) is 0 Å². The molecule has 1 fully saturated rings. The number of nitrogens with zero attached hydrogens (tertiary/aromatic N) is 2. The third-order valence-electron chi connectivity index (χ3n) is 5.69. The van der Waals surface area contributed by atoms with Crippen LogP contribution in [0.4, 0.5) is 4.39 Å². The first-order valence-electron chi connectivity index (χ1n) is 11.3. The third kappa shape index (κ3) is 6.84. The molecule has 0 bridgehead atoms. The van der Waals surface area contributed by atoms with E-state index < -0.39 is 17.3 Å². The lowest BCUT2D eigenvalue weighted by Gasteiger charge is -2.30. The van der Waals surface area contributed by atoms with Gasteiger partial charge in [0.05, 0.1) is 5.56 Å². The second-order valence-electron chi connectivity index (χ2n) is 8.27. The van der Waals surface area contributed by atoms with Gasteiger partial charge in [0, 0.05) is 32.9 Å². The number of nitrogens with one attached hydrogen (secondary N) is 3. The molecule has 178 valence electrons. The van der Waals surface area contributed by atoms with Crippen molar-refractivity contribution in [2.24, 2.45) is 0 Å². The summed E-state index contributed by atoms with van der Waals surface area (Å²) in [6.45, 7) is 1.86. The van der Waals surface area contributed by atoms with Crippen molar-refractivity contribution in [2.45, 2.75) is 63.8 Å². The highest BCUT2D eigenvalue weighted by Gasteiger charge is 2.38. The fraction of sp³-hybridized carbons (Fsp3) is 0.522. The molecule has 0 spiro atoms. The molecule has 1 aromatic carbocycles. The Kier molecular flexibility index (Phi) is 8.51. The zero-order chi connectivity index (χ0) is 23.7. The molecule has 3 N–H and O–H groups in total. The van der Waals surface area contributed by atoms with Crippen LogP contribution in [0.5, 0.6) is 0 Å². The van der Waals surface area contributed by atoms with Gasteiger partial charge in [-0.15, -0.1) is 0 Å². The van der Waals surface area contributed by atoms with Crippen molar-refractivity contribution < 1.29 is 23.3 Å². The van der Waals surface area contributed by atoms with Crippen LogP contribution < -0.4 is 16.0 Å². The maximum Gasteiger partial charge on any atom is 0.254 e. The molecule has 0 unspecified atom stereocenters. The molecule has 1 aliphatic carbocycles. The van der Waals surface area contributed by atoms with E-state index in [1.54, 1.807) is 6.07 Å². The van der Waals surface area contributed by atoms with Crippen LogP contribution in [0.25, 0.3) is 0 Å². The van der Waals surface area contributed by atoms with Gasteiger partial charge in [-0.3, -0.25) is 14.4 Å². The number of carbonyl (C=O) groups is 3. The van der Waals surface area contributed by atoms with E-state index >= 15 is 0 Å². The van der Waals surface area contributed by atoms with Crippen molar-refractivity contribution in [1.29, 1.82) is 0 Å². The van der Waals surface area contributed by atoms with Crippen LogP contribution in [0.2, 0.25) is 0 Å². The van der Waals surface area contributed by atoms with Gasteiger partial charge < -0.3 is 20.5 Å². The average Bonchev–Trinajstić information content (AvgIpc) is 3.15. The number of amides is 3. The summed E-state index contributed by atoms with van der Waals surface area (Å²) in [5, 5.41) is 12.4. The standard InChI is InChI=1S/C23H30FN5O4/c1-16(30)28-23(12-6-2-3-7-13-23)22-27-20(33-29-22)11-10-19(31)25-14-15-26-21(32)17-8-4-5-9-18(17)24/h4-5,8-9H,2-3,6-7,10-15H2,1H3,(H,25,31)(H,26,32)(H,28,30). The molecule has 33 heavy (non-hydrogen) atoms. The van der Waals surface area contributed by atoms with Crippen molar-refractivity contribution in [3.05, 3.63) is 47.4 Å². The first-order valence-corrected chi connectivity index (χ1v) is 11.3. The Morgan fingerprint density at radius 3 is 2.45 bits per heavy atom. The number of aromatic nitrogens is 2. The predicted molar refractivity (Wildman–Crippen MR) is 118 cm³/mol. The summed E-state index contributed by atoms with van der Waals surface area (Å²) in [6.07, 6.45) is 6.06. The summed E-state index contributed by atoms with van der Waals surface area (Å²) < 4.78 is 18.9. The van der Waals surface area contributed by atoms with Crippen LogP contribution in [-0.4, -0.2) is 41.0 Å². The zero-order valence-electron chi connectivity index (χ0n) is 18.8. The molecule has 10 heteroatoms. The SMILES string of the molecule is CC(=O)NC1(c2noc(CCC(=O)NCCNC(=O)c3ccccc3F)n2)CCCCCC1. The lowest BCUT2D eigenvalue weighted by molar-refractivity contribution is -0.122. The second-order valence-corrected chi connectivity index (χ2v) is 8.27. The van der Waals surface area contributed by atoms with Crippen LogP contribution in [0.15, 0.2) is 28.8 Å². The van der Waals surface area contributed by atoms with Gasteiger partial charge in [0.2, 0.25) is 17.7 Å². The van der Waals surface area contributed by atoms with Crippen LogP contribution >= 0.6 is 0 Å². The van der Waals surface area contributed by atoms with Gasteiger partial charge in [-0.1, -0.05) is 43.0 Å². The van der Waals surface area contributed by atoms with E-state index in [4.69, 9.17) is 4.52 Å². The first-order chi connectivity index (χ1) is 15.9. The van der Waals surface area contributed by atoms with Gasteiger partial charge >= 0.3 is 0 Å². The van der Waals surface area contributed by atoms with Gasteiger partial charge in [0.1, 0.15) is 11.4 Å². The Labute approximate surface area is 191 Å². The second kappa shape index (κ2) is 11.5. The van der Waals surface area contributed by atoms with Gasteiger partial charge in [-0.25, -0.2) is 4.39 Å². The van der Waals surface area contributed by atoms with E-state index in [0.29, 0.717) is 11.7 Å². The van der Waals surface area contributed by atoms with Crippen LogP contribution in [0, 0.1) is 5.82 Å². The van der Waals surface area contributed by atoms with Crippen LogP contribution in [0.1, 0.15) is 73.9 Å². The molecule has 0 radical (unpaired) electrons. The first kappa shape index (κ1) is 24.3. The molecule has 0 saturated heterocycles. The minimum absolute atomic E-state index is 0.0401. The summed E-state index contributed by atoms with van der Waals surface area (Å²) in [5.41, 5.74) is -0.662. The lowest BCUT2D eigenvalue weighted by Crippen LogP contribution is -2.45. The van der Waals surface area contributed by atoms with Crippen LogP contribution in [-0.2, 0) is 21.5 Å². The molecule has 1 aromatic heterocycles. The van der Waals surface area contributed by atoms with Gasteiger partial charge in [-0.2, -0.15) is 4.98 Å². The molecule has 0 atom stereocenters. The quantitative estimate of drug-likeness (QED) is 0.390. The maximum absolute atomic E-state index is 13.6. The molecule has 3 amide bonds. The van der Waals surface area contributed by atoms with Crippen molar-refractivity contribution in [3.63, 3.8) is 0 Å². The Bertz CT molecular complexity index is 969. The molecule has 1 saturated carbocycles. The predicted octanol–water partition coefficient (Wildman–Crippen LogP) is 2.37. The van der Waals surface area contributed by atoms with E-state index in [2.05, 4.69) is 26.1 Å². The Balaban J connectivity index is 1.44. The van der Waals surface area contributed by atoms with Crippen molar-refractivity contribution in [2.75, 3.05) is 13.1 Å². The number of halogens is 1. The topological polar surface area (TPSA) is 126 Å². The Hall–Kier alpha value is -3.30. The number of rotatable bonds is 9. The van der Waals surface area contributed by atoms with E-state index in [1.165, 1.54) is 25.1 Å². The minimum atomic E-state index is -0.622. The zero-order valence-corrected chi connectivity index (χ0v) is 18.8. The number of carbonyl (C=O) groups excluding carboxylic acids is 3. The van der Waals surface area contributed by atoms with E-state index in [-0.39, 0.29) is 43.3 Å². The average molecular weight is 460 g/mol. The third-order valence-corrected chi connectivity index (χ3v) is 5.69. The van der Waals surface area contributed by atoms with Gasteiger partial charge in [-0.05, 0) is 25.0 Å². The molecule has 2 aromatic rings. The largest absolute Gasteiger partial charge is 0.354 e. The van der Waals surface area contributed by atoms with Gasteiger partial charge in [0.25, 0.3) is 5.91 Å². The molecule has 9 nitrogen and oxygen atoms in total. The smallest absolute Gasteiger partial charge is 0.254 e. The summed E-state index contributed by atoms with van der Waals surface area (Å²) in [5.74, 6) is -0.701. The number of aryl methyl sites for hydroxylation is 1. The summed E-state index contributed by atoms with van der Waals surface area (Å²) in [4.78, 5) is 40.3. The highest BCUT2D eigenvalue weighted by Crippen LogP contribution is 2.34. The van der Waals surface area contributed by atoms with E-state index in [0.717, 1.165) is 38.5 Å². The molecular weight excluding hydrogens is 429 g/mol. The molecule has 1 heterocycles. The van der Waals surface area contributed by atoms with Crippen molar-refractivity contribution >= 4 is 17.7 Å². The fourth-order valence-electron chi connectivity index (χ4n) is 4.05. The Morgan fingerprint density at radius 1 is 1.06 bits per heavy atom. The summed E-state index contributed by atoms with van der Waals surface area (Å²) in [6, 6.07) is 5.70.